The van der Waals surface area contributed by atoms with Crippen molar-refractivity contribution in [1.29, 1.82) is 0 Å². The Morgan fingerprint density at radius 3 is 2.92 bits per heavy atom. The van der Waals surface area contributed by atoms with Gasteiger partial charge in [-0.2, -0.15) is 5.10 Å². The highest BCUT2D eigenvalue weighted by Gasteiger charge is 2.31. The number of carbonyl (C=O) groups excluding carboxylic acids is 1. The van der Waals surface area contributed by atoms with Crippen LogP contribution in [0.2, 0.25) is 0 Å². The fourth-order valence-electron chi connectivity index (χ4n) is 3.69. The molecule has 1 saturated heterocycles. The number of nitrogens with zero attached hydrogens (tertiary/aromatic N) is 3. The van der Waals surface area contributed by atoms with E-state index < -0.39 is 0 Å². The predicted molar refractivity (Wildman–Crippen MR) is 91.5 cm³/mol. The molecule has 1 fully saturated rings. The Morgan fingerprint density at radius 2 is 2.12 bits per heavy atom. The minimum absolute atomic E-state index is 0.0598. The Bertz CT molecular complexity index is 739. The summed E-state index contributed by atoms with van der Waals surface area (Å²) >= 11 is 0. The van der Waals surface area contributed by atoms with Crippen molar-refractivity contribution >= 4 is 5.91 Å². The summed E-state index contributed by atoms with van der Waals surface area (Å²) in [7, 11) is 0. The van der Waals surface area contributed by atoms with Gasteiger partial charge < -0.3 is 9.64 Å². The maximum Gasteiger partial charge on any atom is 0.274 e. The van der Waals surface area contributed by atoms with Crippen LogP contribution in [0.5, 0.6) is 0 Å². The van der Waals surface area contributed by atoms with Gasteiger partial charge in [0.05, 0.1) is 18.4 Å². The molecule has 1 atom stereocenters. The van der Waals surface area contributed by atoms with Gasteiger partial charge in [0.25, 0.3) is 5.91 Å². The largest absolute Gasteiger partial charge is 0.375 e. The minimum atomic E-state index is 0.0598. The number of ether oxygens (including phenoxy) is 1. The number of morpholine rings is 1. The van der Waals surface area contributed by atoms with Crippen LogP contribution in [0.15, 0.2) is 30.3 Å². The lowest BCUT2D eigenvalue weighted by Crippen LogP contribution is -2.45. The molecule has 1 amide bonds. The quantitative estimate of drug-likeness (QED) is 0.871. The van der Waals surface area contributed by atoms with E-state index in [2.05, 4.69) is 6.92 Å². The molecule has 0 saturated carbocycles. The van der Waals surface area contributed by atoms with Crippen LogP contribution in [0.3, 0.4) is 0 Å². The number of amides is 1. The first kappa shape index (κ1) is 15.4. The average molecular weight is 325 g/mol. The zero-order valence-corrected chi connectivity index (χ0v) is 14.1. The molecule has 24 heavy (non-hydrogen) atoms. The van der Waals surface area contributed by atoms with Gasteiger partial charge in [-0.05, 0) is 37.8 Å². The van der Waals surface area contributed by atoms with Gasteiger partial charge in [-0.25, -0.2) is 4.68 Å². The molecule has 2 aliphatic rings. The van der Waals surface area contributed by atoms with Crippen LogP contribution in [0.1, 0.15) is 41.5 Å². The van der Waals surface area contributed by atoms with Crippen molar-refractivity contribution in [1.82, 2.24) is 14.7 Å². The Morgan fingerprint density at radius 1 is 1.29 bits per heavy atom. The van der Waals surface area contributed by atoms with Crippen LogP contribution in [-0.4, -0.2) is 46.4 Å². The van der Waals surface area contributed by atoms with Gasteiger partial charge in [-0.1, -0.05) is 25.1 Å². The fraction of sp³-hybridized carbons (Fsp3) is 0.474. The first-order valence-electron chi connectivity index (χ1n) is 8.85. The maximum absolute atomic E-state index is 13.1. The van der Waals surface area contributed by atoms with Gasteiger partial charge in [0.15, 0.2) is 5.69 Å². The average Bonchev–Trinajstić information content (AvgIpc) is 3.24. The third-order valence-electron chi connectivity index (χ3n) is 5.01. The summed E-state index contributed by atoms with van der Waals surface area (Å²) in [5, 5.41) is 4.71. The molecule has 1 aliphatic heterocycles. The molecule has 1 aromatic heterocycles. The van der Waals surface area contributed by atoms with E-state index in [1.165, 1.54) is 5.69 Å². The van der Waals surface area contributed by atoms with Crippen molar-refractivity contribution in [2.24, 2.45) is 0 Å². The normalized spacial score (nSPS) is 20.2. The summed E-state index contributed by atoms with van der Waals surface area (Å²) < 4.78 is 7.66. The van der Waals surface area contributed by atoms with Gasteiger partial charge in [0.2, 0.25) is 0 Å². The van der Waals surface area contributed by atoms with Gasteiger partial charge in [0, 0.05) is 24.3 Å². The molecule has 5 heteroatoms. The highest BCUT2D eigenvalue weighted by Crippen LogP contribution is 2.29. The predicted octanol–water partition coefficient (Wildman–Crippen LogP) is 2.61. The second-order valence-corrected chi connectivity index (χ2v) is 6.53. The van der Waals surface area contributed by atoms with Crippen molar-refractivity contribution in [3.05, 3.63) is 47.3 Å². The molecule has 2 aromatic rings. The lowest BCUT2D eigenvalue weighted by Gasteiger charge is -2.32. The molecule has 1 aromatic carbocycles. The molecular formula is C19H23N3O2. The molecule has 126 valence electrons. The molecule has 4 rings (SSSR count). The molecule has 0 spiro atoms. The minimum Gasteiger partial charge on any atom is -0.375 e. The molecule has 0 bridgehead atoms. The third kappa shape index (κ3) is 2.63. The number of aromatic nitrogens is 2. The van der Waals surface area contributed by atoms with Crippen LogP contribution in [0.4, 0.5) is 0 Å². The Kier molecular flexibility index (Phi) is 4.10. The van der Waals surface area contributed by atoms with Crippen LogP contribution >= 0.6 is 0 Å². The molecule has 0 N–H and O–H groups in total. The van der Waals surface area contributed by atoms with E-state index in [9.17, 15) is 4.79 Å². The Balaban J connectivity index is 1.68. The number of carbonyl (C=O) groups is 1. The van der Waals surface area contributed by atoms with E-state index in [4.69, 9.17) is 9.84 Å². The number of hydrogen-bond donors (Lipinski definition) is 0. The zero-order chi connectivity index (χ0) is 16.5. The van der Waals surface area contributed by atoms with Crippen LogP contribution < -0.4 is 0 Å². The number of fused-ring (bicyclic) bond motifs is 1. The second kappa shape index (κ2) is 6.40. The molecular weight excluding hydrogens is 302 g/mol. The molecule has 1 aliphatic carbocycles. The Hall–Kier alpha value is -2.14. The van der Waals surface area contributed by atoms with Crippen molar-refractivity contribution in [3.8, 4) is 5.69 Å². The molecule has 5 nitrogen and oxygen atoms in total. The summed E-state index contributed by atoms with van der Waals surface area (Å²) in [6.07, 6.45) is 4.11. The first-order valence-corrected chi connectivity index (χ1v) is 8.85. The van der Waals surface area contributed by atoms with Crippen molar-refractivity contribution in [3.63, 3.8) is 0 Å². The van der Waals surface area contributed by atoms with E-state index in [-0.39, 0.29) is 12.0 Å². The van der Waals surface area contributed by atoms with E-state index in [1.54, 1.807) is 0 Å². The molecule has 0 radical (unpaired) electrons. The monoisotopic (exact) mass is 325 g/mol. The first-order chi connectivity index (χ1) is 11.8. The summed E-state index contributed by atoms with van der Waals surface area (Å²) in [6, 6.07) is 10.1. The van der Waals surface area contributed by atoms with E-state index in [1.807, 2.05) is 39.9 Å². The number of benzene rings is 1. The van der Waals surface area contributed by atoms with Gasteiger partial charge in [0.1, 0.15) is 0 Å². The van der Waals surface area contributed by atoms with Crippen molar-refractivity contribution in [2.45, 2.75) is 38.7 Å². The standard InChI is InChI=1S/C19H23N3O2/c1-2-15-13-21(11-12-24-15)19(23)18-16-9-6-10-17(16)22(20-18)14-7-4-3-5-8-14/h3-5,7-8,15H,2,6,9-13H2,1H3. The highest BCUT2D eigenvalue weighted by atomic mass is 16.5. The molecule has 1 unspecified atom stereocenters. The van der Waals surface area contributed by atoms with Crippen LogP contribution in [-0.2, 0) is 17.6 Å². The lowest BCUT2D eigenvalue weighted by atomic mass is 10.1. The van der Waals surface area contributed by atoms with Gasteiger partial charge in [-0.15, -0.1) is 0 Å². The Labute approximate surface area is 142 Å². The van der Waals surface area contributed by atoms with Gasteiger partial charge >= 0.3 is 0 Å². The maximum atomic E-state index is 13.1. The summed E-state index contributed by atoms with van der Waals surface area (Å²) in [5.41, 5.74) is 4.01. The summed E-state index contributed by atoms with van der Waals surface area (Å²) in [6.45, 7) is 4.04. The number of hydrogen-bond acceptors (Lipinski definition) is 3. The van der Waals surface area contributed by atoms with Crippen LogP contribution in [0.25, 0.3) is 5.69 Å². The van der Waals surface area contributed by atoms with Gasteiger partial charge in [-0.3, -0.25) is 4.79 Å². The van der Waals surface area contributed by atoms with E-state index in [0.29, 0.717) is 25.4 Å². The topological polar surface area (TPSA) is 47.4 Å². The number of para-hydroxylation sites is 1. The SMILES string of the molecule is CCC1CN(C(=O)c2nn(-c3ccccc3)c3c2CCC3)CCO1. The number of rotatable bonds is 3. The fourth-order valence-corrected chi connectivity index (χ4v) is 3.69. The highest BCUT2D eigenvalue weighted by molar-refractivity contribution is 5.94. The third-order valence-corrected chi connectivity index (χ3v) is 5.01. The second-order valence-electron chi connectivity index (χ2n) is 6.53. The smallest absolute Gasteiger partial charge is 0.274 e. The van der Waals surface area contributed by atoms with Crippen LogP contribution in [0, 0.1) is 0 Å². The molecule has 2 heterocycles. The van der Waals surface area contributed by atoms with Crippen molar-refractivity contribution < 1.29 is 9.53 Å². The summed E-state index contributed by atoms with van der Waals surface area (Å²) in [5.74, 6) is 0.0598. The summed E-state index contributed by atoms with van der Waals surface area (Å²) in [4.78, 5) is 15.0. The van der Waals surface area contributed by atoms with Crippen molar-refractivity contribution in [2.75, 3.05) is 19.7 Å². The van der Waals surface area contributed by atoms with E-state index >= 15 is 0 Å². The lowest BCUT2D eigenvalue weighted by molar-refractivity contribution is -0.0228. The zero-order valence-electron chi connectivity index (χ0n) is 14.1. The van der Waals surface area contributed by atoms with E-state index in [0.717, 1.165) is 36.9 Å².